The van der Waals surface area contributed by atoms with E-state index in [1.54, 1.807) is 0 Å². The third-order valence-corrected chi connectivity index (χ3v) is 3.21. The predicted molar refractivity (Wildman–Crippen MR) is 66.6 cm³/mol. The third-order valence-electron chi connectivity index (χ3n) is 3.21. The van der Waals surface area contributed by atoms with Crippen molar-refractivity contribution in [3.05, 3.63) is 18.0 Å². The number of hydrogen-bond donors (Lipinski definition) is 2. The minimum atomic E-state index is 0.329. The lowest BCUT2D eigenvalue weighted by Gasteiger charge is -2.19. The molecular weight excluding hydrogens is 214 g/mol. The van der Waals surface area contributed by atoms with Crippen LogP contribution < -0.4 is 11.1 Å². The molecule has 0 aromatic carbocycles. The van der Waals surface area contributed by atoms with Gasteiger partial charge in [-0.2, -0.15) is 15.0 Å². The molecule has 5 heteroatoms. The summed E-state index contributed by atoms with van der Waals surface area (Å²) >= 11 is 0. The number of nitrogen functional groups attached to an aromatic ring is 1. The average Bonchev–Trinajstić information content (AvgIpc) is 3.13. The van der Waals surface area contributed by atoms with Crippen LogP contribution in [0, 0.1) is 0 Å². The second-order valence-corrected chi connectivity index (χ2v) is 4.78. The summed E-state index contributed by atoms with van der Waals surface area (Å²) in [4.78, 5) is 12.8. The second-order valence-electron chi connectivity index (χ2n) is 4.78. The number of anilines is 2. The molecule has 90 valence electrons. The summed E-state index contributed by atoms with van der Waals surface area (Å²) < 4.78 is 0. The quantitative estimate of drug-likeness (QED) is 0.776. The fourth-order valence-electron chi connectivity index (χ4n) is 2.11. The molecule has 3 rings (SSSR count). The zero-order valence-corrected chi connectivity index (χ0v) is 9.76. The van der Waals surface area contributed by atoms with Gasteiger partial charge in [-0.15, -0.1) is 0 Å². The number of allylic oxidation sites excluding steroid dienone is 1. The molecule has 2 aliphatic carbocycles. The van der Waals surface area contributed by atoms with E-state index >= 15 is 0 Å². The van der Waals surface area contributed by atoms with E-state index < -0.39 is 0 Å². The van der Waals surface area contributed by atoms with Crippen molar-refractivity contribution < 1.29 is 0 Å². The van der Waals surface area contributed by atoms with Gasteiger partial charge in [-0.25, -0.2) is 0 Å². The molecule has 1 unspecified atom stereocenters. The Morgan fingerprint density at radius 3 is 2.71 bits per heavy atom. The molecule has 5 nitrogen and oxygen atoms in total. The topological polar surface area (TPSA) is 76.7 Å². The summed E-state index contributed by atoms with van der Waals surface area (Å²) in [5, 5.41) is 3.35. The van der Waals surface area contributed by atoms with Gasteiger partial charge in [-0.1, -0.05) is 12.2 Å². The average molecular weight is 231 g/mol. The van der Waals surface area contributed by atoms with Crippen molar-refractivity contribution >= 4 is 11.9 Å². The highest BCUT2D eigenvalue weighted by atomic mass is 15.2. The third kappa shape index (κ3) is 2.54. The molecule has 1 heterocycles. The molecule has 0 saturated heterocycles. The molecule has 0 aliphatic heterocycles. The van der Waals surface area contributed by atoms with E-state index in [1.165, 1.54) is 12.8 Å². The van der Waals surface area contributed by atoms with Crippen LogP contribution >= 0.6 is 0 Å². The van der Waals surface area contributed by atoms with Crippen LogP contribution in [0.15, 0.2) is 12.2 Å². The number of nitrogens with zero attached hydrogens (tertiary/aromatic N) is 3. The predicted octanol–water partition coefficient (Wildman–Crippen LogP) is 1.85. The summed E-state index contributed by atoms with van der Waals surface area (Å²) in [5.41, 5.74) is 5.71. The molecule has 17 heavy (non-hydrogen) atoms. The molecule has 0 radical (unpaired) electrons. The SMILES string of the molecule is Nc1nc(NC2CC=CCC2)nc(C2CC2)n1. The minimum absolute atomic E-state index is 0.329. The van der Waals surface area contributed by atoms with Crippen molar-refractivity contribution in [1.82, 2.24) is 15.0 Å². The first kappa shape index (κ1) is 10.5. The summed E-state index contributed by atoms with van der Waals surface area (Å²) in [7, 11) is 0. The Balaban J connectivity index is 1.75. The van der Waals surface area contributed by atoms with Gasteiger partial charge in [0.15, 0.2) is 0 Å². The lowest BCUT2D eigenvalue weighted by Crippen LogP contribution is -2.22. The van der Waals surface area contributed by atoms with Crippen molar-refractivity contribution in [2.24, 2.45) is 0 Å². The van der Waals surface area contributed by atoms with Gasteiger partial charge < -0.3 is 11.1 Å². The lowest BCUT2D eigenvalue weighted by atomic mass is 10.0. The number of hydrogen-bond acceptors (Lipinski definition) is 5. The Hall–Kier alpha value is -1.65. The second kappa shape index (κ2) is 4.31. The van der Waals surface area contributed by atoms with E-state index in [0.29, 0.717) is 23.9 Å². The van der Waals surface area contributed by atoms with Crippen LogP contribution in [-0.2, 0) is 0 Å². The summed E-state index contributed by atoms with van der Waals surface area (Å²) in [5.74, 6) is 2.33. The van der Waals surface area contributed by atoms with E-state index in [1.807, 2.05) is 0 Å². The fourth-order valence-corrected chi connectivity index (χ4v) is 2.11. The van der Waals surface area contributed by atoms with Crippen molar-refractivity contribution in [1.29, 1.82) is 0 Å². The highest BCUT2D eigenvalue weighted by Gasteiger charge is 2.27. The van der Waals surface area contributed by atoms with E-state index in [4.69, 9.17) is 5.73 Å². The number of nitrogens with one attached hydrogen (secondary N) is 1. The Morgan fingerprint density at radius 1 is 1.12 bits per heavy atom. The molecular formula is C12H17N5. The smallest absolute Gasteiger partial charge is 0.227 e. The molecule has 1 fully saturated rings. The first-order valence-electron chi connectivity index (χ1n) is 6.24. The number of rotatable bonds is 3. The van der Waals surface area contributed by atoms with Crippen LogP contribution in [0.3, 0.4) is 0 Å². The molecule has 1 atom stereocenters. The number of nitrogens with two attached hydrogens (primary N) is 1. The van der Waals surface area contributed by atoms with Gasteiger partial charge in [0, 0.05) is 12.0 Å². The maximum absolute atomic E-state index is 5.71. The van der Waals surface area contributed by atoms with Crippen LogP contribution in [0.1, 0.15) is 43.8 Å². The van der Waals surface area contributed by atoms with Gasteiger partial charge in [0.25, 0.3) is 0 Å². The molecule has 2 aliphatic rings. The normalized spacial score (nSPS) is 23.6. The van der Waals surface area contributed by atoms with Gasteiger partial charge in [0.1, 0.15) is 5.82 Å². The molecule has 0 spiro atoms. The lowest BCUT2D eigenvalue weighted by molar-refractivity contribution is 0.637. The Kier molecular flexibility index (Phi) is 2.66. The van der Waals surface area contributed by atoms with Gasteiger partial charge in [-0.3, -0.25) is 0 Å². The minimum Gasteiger partial charge on any atom is -0.368 e. The van der Waals surface area contributed by atoms with E-state index in [2.05, 4.69) is 32.4 Å². The van der Waals surface area contributed by atoms with Gasteiger partial charge in [-0.05, 0) is 32.1 Å². The van der Waals surface area contributed by atoms with Gasteiger partial charge in [0.2, 0.25) is 11.9 Å². The van der Waals surface area contributed by atoms with E-state index in [9.17, 15) is 0 Å². The standard InChI is InChI=1S/C12H17N5/c13-11-15-10(8-6-7-8)16-12(17-11)14-9-4-2-1-3-5-9/h1-2,8-9H,3-7H2,(H3,13,14,15,16,17). The van der Waals surface area contributed by atoms with Crippen molar-refractivity contribution in [3.8, 4) is 0 Å². The summed E-state index contributed by atoms with van der Waals surface area (Å²) in [6.45, 7) is 0. The van der Waals surface area contributed by atoms with Crippen molar-refractivity contribution in [3.63, 3.8) is 0 Å². The molecule has 0 amide bonds. The molecule has 1 aromatic heterocycles. The zero-order valence-electron chi connectivity index (χ0n) is 9.76. The van der Waals surface area contributed by atoms with Gasteiger partial charge >= 0.3 is 0 Å². The maximum Gasteiger partial charge on any atom is 0.227 e. The van der Waals surface area contributed by atoms with Crippen LogP contribution in [-0.4, -0.2) is 21.0 Å². The number of aromatic nitrogens is 3. The maximum atomic E-state index is 5.71. The fraction of sp³-hybridized carbons (Fsp3) is 0.583. The Morgan fingerprint density at radius 2 is 2.00 bits per heavy atom. The van der Waals surface area contributed by atoms with E-state index in [-0.39, 0.29) is 0 Å². The van der Waals surface area contributed by atoms with E-state index in [0.717, 1.165) is 25.1 Å². The molecule has 3 N–H and O–H groups in total. The Labute approximate surface area is 101 Å². The van der Waals surface area contributed by atoms with Crippen LogP contribution in [0.2, 0.25) is 0 Å². The monoisotopic (exact) mass is 231 g/mol. The summed E-state index contributed by atoms with van der Waals surface area (Å²) in [6.07, 6.45) is 10.0. The van der Waals surface area contributed by atoms with Crippen molar-refractivity contribution in [2.45, 2.75) is 44.1 Å². The van der Waals surface area contributed by atoms with Gasteiger partial charge in [0.05, 0.1) is 0 Å². The summed E-state index contributed by atoms with van der Waals surface area (Å²) in [6, 6.07) is 0.425. The highest BCUT2D eigenvalue weighted by Crippen LogP contribution is 2.38. The van der Waals surface area contributed by atoms with Crippen LogP contribution in [0.5, 0.6) is 0 Å². The molecule has 1 aromatic rings. The van der Waals surface area contributed by atoms with Crippen LogP contribution in [0.25, 0.3) is 0 Å². The van der Waals surface area contributed by atoms with Crippen molar-refractivity contribution in [2.75, 3.05) is 11.1 Å². The largest absolute Gasteiger partial charge is 0.368 e. The molecule has 0 bridgehead atoms. The Bertz CT molecular complexity index is 439. The highest BCUT2D eigenvalue weighted by molar-refractivity contribution is 5.34. The molecule has 1 saturated carbocycles. The van der Waals surface area contributed by atoms with Crippen LogP contribution in [0.4, 0.5) is 11.9 Å². The zero-order chi connectivity index (χ0) is 11.7. The first-order chi connectivity index (χ1) is 8.31. The first-order valence-corrected chi connectivity index (χ1v) is 6.24.